The highest BCUT2D eigenvalue weighted by molar-refractivity contribution is 5.74. The normalized spacial score (nSPS) is 10.5. The van der Waals surface area contributed by atoms with Crippen LogP contribution in [-0.2, 0) is 0 Å². The van der Waals surface area contributed by atoms with Gasteiger partial charge >= 0.3 is 0 Å². The predicted molar refractivity (Wildman–Crippen MR) is 75.0 cm³/mol. The largest absolute Gasteiger partial charge is 0.455 e. The first-order valence-corrected chi connectivity index (χ1v) is 6.29. The molecule has 98 valence electrons. The lowest BCUT2D eigenvalue weighted by Gasteiger charge is -2.14. The van der Waals surface area contributed by atoms with E-state index in [-0.39, 0.29) is 0 Å². The Bertz CT molecular complexity index is 591. The van der Waals surface area contributed by atoms with Crippen LogP contribution in [0.25, 0.3) is 0 Å². The molecule has 1 heterocycles. The van der Waals surface area contributed by atoms with E-state index in [0.29, 0.717) is 17.2 Å². The summed E-state index contributed by atoms with van der Waals surface area (Å²) in [5, 5.41) is 0. The highest BCUT2D eigenvalue weighted by atomic mass is 16.5. The summed E-state index contributed by atoms with van der Waals surface area (Å²) in [5.74, 6) is 1.77. The highest BCUT2D eigenvalue weighted by Crippen LogP contribution is 2.31. The third kappa shape index (κ3) is 3.19. The molecule has 3 nitrogen and oxygen atoms in total. The summed E-state index contributed by atoms with van der Waals surface area (Å²) in [5.41, 5.74) is 2.79. The summed E-state index contributed by atoms with van der Waals surface area (Å²) in [6, 6.07) is 7.84. The Morgan fingerprint density at radius 1 is 1.21 bits per heavy atom. The van der Waals surface area contributed by atoms with Crippen LogP contribution in [0.15, 0.2) is 36.7 Å². The van der Waals surface area contributed by atoms with Gasteiger partial charge in [-0.2, -0.15) is 0 Å². The maximum absolute atomic E-state index is 10.7. The Morgan fingerprint density at radius 2 is 2.00 bits per heavy atom. The average Bonchev–Trinajstić information content (AvgIpc) is 2.38. The number of aldehydes is 1. The number of benzene rings is 1. The Hall–Kier alpha value is -2.16. The summed E-state index contributed by atoms with van der Waals surface area (Å²) in [7, 11) is 0. The molecule has 2 rings (SSSR count). The lowest BCUT2D eigenvalue weighted by molar-refractivity contribution is 0.112. The molecule has 0 radical (unpaired) electrons. The number of ether oxygens (including phenoxy) is 1. The van der Waals surface area contributed by atoms with E-state index in [4.69, 9.17) is 4.74 Å². The van der Waals surface area contributed by atoms with Gasteiger partial charge in [0.05, 0.1) is 6.20 Å². The van der Waals surface area contributed by atoms with Gasteiger partial charge in [0.1, 0.15) is 11.5 Å². The van der Waals surface area contributed by atoms with Crippen molar-refractivity contribution in [3.8, 4) is 11.5 Å². The van der Waals surface area contributed by atoms with Gasteiger partial charge in [-0.05, 0) is 36.1 Å². The second kappa shape index (κ2) is 5.65. The molecule has 0 aliphatic heterocycles. The fourth-order valence-corrected chi connectivity index (χ4v) is 1.89. The van der Waals surface area contributed by atoms with Crippen LogP contribution in [-0.4, -0.2) is 11.3 Å². The summed E-state index contributed by atoms with van der Waals surface area (Å²) >= 11 is 0. The number of aryl methyl sites for hydroxylation is 1. The van der Waals surface area contributed by atoms with Crippen molar-refractivity contribution in [3.63, 3.8) is 0 Å². The number of aromatic nitrogens is 1. The van der Waals surface area contributed by atoms with E-state index < -0.39 is 0 Å². The minimum absolute atomic E-state index is 0.373. The van der Waals surface area contributed by atoms with Crippen molar-refractivity contribution in [3.05, 3.63) is 53.3 Å². The Balaban J connectivity index is 2.36. The van der Waals surface area contributed by atoms with E-state index in [1.165, 1.54) is 6.20 Å². The zero-order valence-electron chi connectivity index (χ0n) is 11.4. The van der Waals surface area contributed by atoms with Crippen molar-refractivity contribution < 1.29 is 9.53 Å². The first-order valence-electron chi connectivity index (χ1n) is 6.29. The van der Waals surface area contributed by atoms with E-state index >= 15 is 0 Å². The van der Waals surface area contributed by atoms with E-state index in [0.717, 1.165) is 23.2 Å². The van der Waals surface area contributed by atoms with Crippen molar-refractivity contribution in [2.24, 2.45) is 0 Å². The molecule has 19 heavy (non-hydrogen) atoms. The first kappa shape index (κ1) is 13.3. The molecule has 0 amide bonds. The zero-order chi connectivity index (χ0) is 13.8. The molecule has 0 aliphatic carbocycles. The Kier molecular flexibility index (Phi) is 3.95. The number of rotatable bonds is 4. The predicted octanol–water partition coefficient (Wildman–Crippen LogP) is 4.12. The van der Waals surface area contributed by atoms with Crippen LogP contribution >= 0.6 is 0 Å². The lowest BCUT2D eigenvalue weighted by Crippen LogP contribution is -1.95. The third-order valence-corrected chi connectivity index (χ3v) is 2.89. The topological polar surface area (TPSA) is 39.2 Å². The van der Waals surface area contributed by atoms with Gasteiger partial charge in [-0.1, -0.05) is 26.0 Å². The summed E-state index contributed by atoms with van der Waals surface area (Å²) < 4.78 is 5.87. The van der Waals surface area contributed by atoms with Gasteiger partial charge in [-0.15, -0.1) is 0 Å². The quantitative estimate of drug-likeness (QED) is 0.771. The summed E-state index contributed by atoms with van der Waals surface area (Å²) in [4.78, 5) is 14.7. The Labute approximate surface area is 113 Å². The second-order valence-corrected chi connectivity index (χ2v) is 4.87. The molecule has 0 unspecified atom stereocenters. The highest BCUT2D eigenvalue weighted by Gasteiger charge is 2.09. The molecule has 0 saturated heterocycles. The van der Waals surface area contributed by atoms with E-state index in [1.807, 2.05) is 13.0 Å². The van der Waals surface area contributed by atoms with E-state index in [9.17, 15) is 4.79 Å². The average molecular weight is 255 g/mol. The molecule has 0 aliphatic rings. The van der Waals surface area contributed by atoms with Crippen LogP contribution in [0.5, 0.6) is 11.5 Å². The number of hydrogen-bond acceptors (Lipinski definition) is 3. The number of pyridine rings is 1. The number of carbonyl (C=O) groups excluding carboxylic acids is 1. The molecule has 0 fully saturated rings. The van der Waals surface area contributed by atoms with Gasteiger partial charge in [0.25, 0.3) is 0 Å². The molecule has 0 saturated carbocycles. The molecule has 0 atom stereocenters. The van der Waals surface area contributed by atoms with Crippen molar-refractivity contribution in [1.29, 1.82) is 0 Å². The van der Waals surface area contributed by atoms with Gasteiger partial charge in [0, 0.05) is 11.8 Å². The fourth-order valence-electron chi connectivity index (χ4n) is 1.89. The van der Waals surface area contributed by atoms with Crippen LogP contribution < -0.4 is 4.74 Å². The maximum atomic E-state index is 10.7. The smallest absolute Gasteiger partial charge is 0.151 e. The minimum atomic E-state index is 0.373. The summed E-state index contributed by atoms with van der Waals surface area (Å²) in [6.07, 6.45) is 3.89. The van der Waals surface area contributed by atoms with Gasteiger partial charge in [-0.3, -0.25) is 9.78 Å². The lowest BCUT2D eigenvalue weighted by atomic mass is 10.0. The van der Waals surface area contributed by atoms with Crippen molar-refractivity contribution in [1.82, 2.24) is 4.98 Å². The second-order valence-electron chi connectivity index (χ2n) is 4.87. The number of carbonyl (C=O) groups is 1. The third-order valence-electron chi connectivity index (χ3n) is 2.89. The number of hydrogen-bond donors (Lipinski definition) is 0. The minimum Gasteiger partial charge on any atom is -0.455 e. The monoisotopic (exact) mass is 255 g/mol. The molecule has 2 aromatic rings. The van der Waals surface area contributed by atoms with E-state index in [1.54, 1.807) is 12.3 Å². The molecular formula is C16H17NO2. The van der Waals surface area contributed by atoms with E-state index in [2.05, 4.69) is 31.0 Å². The van der Waals surface area contributed by atoms with Crippen LogP contribution in [0.1, 0.15) is 41.3 Å². The standard InChI is InChI=1S/C16H17NO2/c1-11(2)15-5-4-12(3)6-16(15)19-14-7-13(10-18)8-17-9-14/h4-11H,1-3H3. The van der Waals surface area contributed by atoms with Crippen LogP contribution in [0, 0.1) is 6.92 Å². The van der Waals surface area contributed by atoms with Crippen molar-refractivity contribution in [2.75, 3.05) is 0 Å². The van der Waals surface area contributed by atoms with Gasteiger partial charge in [0.15, 0.2) is 6.29 Å². The van der Waals surface area contributed by atoms with Crippen LogP contribution in [0.4, 0.5) is 0 Å². The number of nitrogens with zero attached hydrogens (tertiary/aromatic N) is 1. The molecule has 1 aromatic carbocycles. The van der Waals surface area contributed by atoms with Gasteiger partial charge in [0.2, 0.25) is 0 Å². The SMILES string of the molecule is Cc1ccc(C(C)C)c(Oc2cncc(C=O)c2)c1. The molecular weight excluding hydrogens is 238 g/mol. The van der Waals surface area contributed by atoms with Gasteiger partial charge in [-0.25, -0.2) is 0 Å². The van der Waals surface area contributed by atoms with Crippen LogP contribution in [0.3, 0.4) is 0 Å². The van der Waals surface area contributed by atoms with Crippen molar-refractivity contribution >= 4 is 6.29 Å². The zero-order valence-corrected chi connectivity index (χ0v) is 11.4. The van der Waals surface area contributed by atoms with Crippen LogP contribution in [0.2, 0.25) is 0 Å². The molecule has 3 heteroatoms. The summed E-state index contributed by atoms with van der Waals surface area (Å²) in [6.45, 7) is 6.27. The van der Waals surface area contributed by atoms with Crippen molar-refractivity contribution in [2.45, 2.75) is 26.7 Å². The fraction of sp³-hybridized carbons (Fsp3) is 0.250. The maximum Gasteiger partial charge on any atom is 0.151 e. The van der Waals surface area contributed by atoms with Gasteiger partial charge < -0.3 is 4.74 Å². The molecule has 0 bridgehead atoms. The first-order chi connectivity index (χ1) is 9.10. The molecule has 0 N–H and O–H groups in total. The molecule has 1 aromatic heterocycles. The molecule has 0 spiro atoms. The Morgan fingerprint density at radius 3 is 2.68 bits per heavy atom.